The van der Waals surface area contributed by atoms with Gasteiger partial charge in [0.05, 0.1) is 18.8 Å². The molecule has 1 saturated heterocycles. The summed E-state index contributed by atoms with van der Waals surface area (Å²) >= 11 is 0. The topological polar surface area (TPSA) is 58.6 Å². The number of rotatable bonds is 5. The van der Waals surface area contributed by atoms with E-state index < -0.39 is 18.0 Å². The number of benzene rings is 2. The molecule has 26 heavy (non-hydrogen) atoms. The molecular weight excluding hydrogens is 335 g/mol. The average Bonchev–Trinajstić information content (AvgIpc) is 3.01. The second kappa shape index (κ2) is 7.39. The summed E-state index contributed by atoms with van der Waals surface area (Å²) in [5.41, 5.74) is 2.57. The maximum Gasteiger partial charge on any atom is 0.414 e. The van der Waals surface area contributed by atoms with Crippen molar-refractivity contribution in [2.45, 2.75) is 13.0 Å². The number of anilines is 1. The summed E-state index contributed by atoms with van der Waals surface area (Å²) in [5, 5.41) is 2.61. The monoisotopic (exact) mass is 354 g/mol. The second-order valence-electron chi connectivity index (χ2n) is 6.04. The zero-order valence-corrected chi connectivity index (χ0v) is 14.4. The van der Waals surface area contributed by atoms with E-state index in [9.17, 15) is 14.0 Å². The van der Waals surface area contributed by atoms with Crippen molar-refractivity contribution >= 4 is 23.8 Å². The van der Waals surface area contributed by atoms with E-state index in [0.29, 0.717) is 11.3 Å². The van der Waals surface area contributed by atoms with Crippen molar-refractivity contribution in [2.75, 3.05) is 18.0 Å². The fourth-order valence-electron chi connectivity index (χ4n) is 2.80. The number of hydrogen-bond donors (Lipinski definition) is 1. The molecule has 1 atom stereocenters. The van der Waals surface area contributed by atoms with E-state index >= 15 is 0 Å². The molecule has 0 aromatic heterocycles. The third-order valence-electron chi connectivity index (χ3n) is 4.17. The van der Waals surface area contributed by atoms with Gasteiger partial charge in [-0.05, 0) is 29.3 Å². The van der Waals surface area contributed by atoms with E-state index in [1.165, 1.54) is 17.9 Å². The normalized spacial score (nSPS) is 16.3. The van der Waals surface area contributed by atoms with Crippen molar-refractivity contribution in [1.82, 2.24) is 5.32 Å². The van der Waals surface area contributed by atoms with Gasteiger partial charge in [0.25, 0.3) is 0 Å². The Hall–Kier alpha value is -3.15. The van der Waals surface area contributed by atoms with Crippen LogP contribution >= 0.6 is 0 Å². The Bertz CT molecular complexity index is 849. The van der Waals surface area contributed by atoms with Gasteiger partial charge in [-0.15, -0.1) is 0 Å². The molecule has 6 heteroatoms. The predicted octanol–water partition coefficient (Wildman–Crippen LogP) is 3.60. The Balaban J connectivity index is 1.77. The zero-order valence-electron chi connectivity index (χ0n) is 14.4. The van der Waals surface area contributed by atoms with Gasteiger partial charge in [0, 0.05) is 12.5 Å². The molecule has 2 aromatic rings. The number of halogens is 1. The highest BCUT2D eigenvalue weighted by Crippen LogP contribution is 2.29. The van der Waals surface area contributed by atoms with Crippen LogP contribution in [0.25, 0.3) is 17.2 Å². The molecule has 0 bridgehead atoms. The minimum Gasteiger partial charge on any atom is -0.442 e. The lowest BCUT2D eigenvalue weighted by Crippen LogP contribution is -2.33. The number of ether oxygens (including phenoxy) is 1. The van der Waals surface area contributed by atoms with Crippen molar-refractivity contribution in [3.63, 3.8) is 0 Å². The molecule has 1 aliphatic heterocycles. The molecule has 1 N–H and O–H groups in total. The third-order valence-corrected chi connectivity index (χ3v) is 4.17. The molecule has 1 fully saturated rings. The lowest BCUT2D eigenvalue weighted by molar-refractivity contribution is -0.119. The Labute approximate surface area is 151 Å². The van der Waals surface area contributed by atoms with Crippen molar-refractivity contribution < 1.29 is 18.7 Å². The first-order valence-electron chi connectivity index (χ1n) is 8.23. The highest BCUT2D eigenvalue weighted by atomic mass is 19.1. The quantitative estimate of drug-likeness (QED) is 0.893. The summed E-state index contributed by atoms with van der Waals surface area (Å²) in [5.74, 6) is -0.621. The van der Waals surface area contributed by atoms with E-state index in [2.05, 4.69) is 11.9 Å². The summed E-state index contributed by atoms with van der Waals surface area (Å²) in [6.45, 7) is 5.57. The van der Waals surface area contributed by atoms with E-state index in [4.69, 9.17) is 4.74 Å². The van der Waals surface area contributed by atoms with Crippen LogP contribution in [0.2, 0.25) is 0 Å². The summed E-state index contributed by atoms with van der Waals surface area (Å²) in [6, 6.07) is 12.0. The first-order chi connectivity index (χ1) is 12.5. The van der Waals surface area contributed by atoms with Crippen molar-refractivity contribution in [2.24, 2.45) is 0 Å². The van der Waals surface area contributed by atoms with Crippen LogP contribution in [0.15, 0.2) is 49.0 Å². The number of nitrogens with one attached hydrogen (secondary N) is 1. The van der Waals surface area contributed by atoms with Crippen LogP contribution < -0.4 is 10.2 Å². The number of amides is 2. The zero-order chi connectivity index (χ0) is 18.7. The number of cyclic esters (lactones) is 1. The predicted molar refractivity (Wildman–Crippen MR) is 98.2 cm³/mol. The maximum atomic E-state index is 14.6. The minimum absolute atomic E-state index is 0.197. The molecule has 0 unspecified atom stereocenters. The third kappa shape index (κ3) is 3.74. The highest BCUT2D eigenvalue weighted by molar-refractivity contribution is 5.90. The molecule has 0 spiro atoms. The standard InChI is InChI=1S/C20H19FN2O3/c1-3-14-4-6-15(7-5-14)18-9-8-16(10-19(18)21)23-12-17(26-20(23)25)11-22-13(2)24/h3-10,17H,1,11-12H2,2H3,(H,22,24)/t17-/m0/s1. The highest BCUT2D eigenvalue weighted by Gasteiger charge is 2.32. The molecule has 2 aromatic carbocycles. The Kier molecular flexibility index (Phi) is 5.02. The van der Waals surface area contributed by atoms with Gasteiger partial charge in [0.1, 0.15) is 11.9 Å². The van der Waals surface area contributed by atoms with E-state index in [0.717, 1.165) is 11.1 Å². The molecule has 1 aliphatic rings. The molecule has 3 rings (SSSR count). The molecule has 0 saturated carbocycles. The molecule has 0 radical (unpaired) electrons. The molecule has 5 nitrogen and oxygen atoms in total. The van der Waals surface area contributed by atoms with Gasteiger partial charge in [0.2, 0.25) is 5.91 Å². The summed E-state index contributed by atoms with van der Waals surface area (Å²) < 4.78 is 19.8. The van der Waals surface area contributed by atoms with E-state index in [1.807, 2.05) is 24.3 Å². The van der Waals surface area contributed by atoms with Gasteiger partial charge >= 0.3 is 6.09 Å². The molecule has 1 heterocycles. The van der Waals surface area contributed by atoms with Crippen LogP contribution in [-0.2, 0) is 9.53 Å². The van der Waals surface area contributed by atoms with Gasteiger partial charge < -0.3 is 10.1 Å². The smallest absolute Gasteiger partial charge is 0.414 e. The molecular formula is C20H19FN2O3. The van der Waals surface area contributed by atoms with Gasteiger partial charge in [-0.3, -0.25) is 9.69 Å². The summed E-state index contributed by atoms with van der Waals surface area (Å²) in [6.07, 6.45) is 0.711. The van der Waals surface area contributed by atoms with Gasteiger partial charge in [0.15, 0.2) is 0 Å². The SMILES string of the molecule is C=Cc1ccc(-c2ccc(N3C[C@H](CNC(C)=O)OC3=O)cc2F)cc1. The summed E-state index contributed by atoms with van der Waals surface area (Å²) in [7, 11) is 0. The minimum atomic E-state index is -0.553. The van der Waals surface area contributed by atoms with Crippen molar-refractivity contribution in [3.8, 4) is 11.1 Å². The largest absolute Gasteiger partial charge is 0.442 e. The fraction of sp³-hybridized carbons (Fsp3) is 0.200. The lowest BCUT2D eigenvalue weighted by atomic mass is 10.0. The van der Waals surface area contributed by atoms with Crippen molar-refractivity contribution in [3.05, 3.63) is 60.4 Å². The fourth-order valence-corrected chi connectivity index (χ4v) is 2.80. The molecule has 134 valence electrons. The van der Waals surface area contributed by atoms with Crippen LogP contribution in [-0.4, -0.2) is 31.2 Å². The number of hydrogen-bond acceptors (Lipinski definition) is 3. The maximum absolute atomic E-state index is 14.6. The number of carbonyl (C=O) groups excluding carboxylic acids is 2. The van der Waals surface area contributed by atoms with Crippen LogP contribution in [0.5, 0.6) is 0 Å². The van der Waals surface area contributed by atoms with Crippen molar-refractivity contribution in [1.29, 1.82) is 0 Å². The number of carbonyl (C=O) groups is 2. The first kappa shape index (κ1) is 17.7. The Morgan fingerprint density at radius 3 is 2.69 bits per heavy atom. The molecule has 2 amide bonds. The van der Waals surface area contributed by atoms with Gasteiger partial charge in [-0.1, -0.05) is 36.9 Å². The number of nitrogens with zero attached hydrogens (tertiary/aromatic N) is 1. The Morgan fingerprint density at radius 1 is 1.35 bits per heavy atom. The first-order valence-corrected chi connectivity index (χ1v) is 8.23. The van der Waals surface area contributed by atoms with Crippen LogP contribution in [0.1, 0.15) is 12.5 Å². The van der Waals surface area contributed by atoms with Crippen LogP contribution in [0.3, 0.4) is 0 Å². The Morgan fingerprint density at radius 2 is 2.08 bits per heavy atom. The second-order valence-corrected chi connectivity index (χ2v) is 6.04. The summed E-state index contributed by atoms with van der Waals surface area (Å²) in [4.78, 5) is 24.4. The lowest BCUT2D eigenvalue weighted by Gasteiger charge is -2.14. The van der Waals surface area contributed by atoms with E-state index in [-0.39, 0.29) is 19.0 Å². The average molecular weight is 354 g/mol. The molecule has 0 aliphatic carbocycles. The van der Waals surface area contributed by atoms with Gasteiger partial charge in [-0.2, -0.15) is 0 Å². The van der Waals surface area contributed by atoms with Gasteiger partial charge in [-0.25, -0.2) is 9.18 Å². The van der Waals surface area contributed by atoms with Crippen LogP contribution in [0.4, 0.5) is 14.9 Å². The van der Waals surface area contributed by atoms with E-state index in [1.54, 1.807) is 18.2 Å². The van der Waals surface area contributed by atoms with Crippen LogP contribution in [0, 0.1) is 5.82 Å².